The zero-order valence-corrected chi connectivity index (χ0v) is 9.41. The largest absolute Gasteiger partial charge is 0.349 e. The number of hydrogen-bond acceptors (Lipinski definition) is 1. The van der Waals surface area contributed by atoms with Crippen molar-refractivity contribution in [3.8, 4) is 0 Å². The first-order chi connectivity index (χ1) is 6.72. The predicted molar refractivity (Wildman–Crippen MR) is 60.4 cm³/mol. The van der Waals surface area contributed by atoms with Gasteiger partial charge in [0.15, 0.2) is 0 Å². The molecule has 2 rings (SSSR count). The van der Waals surface area contributed by atoms with Crippen LogP contribution in [-0.4, -0.2) is 10.9 Å². The quantitative estimate of drug-likeness (QED) is 0.753. The molecule has 0 spiro atoms. The highest BCUT2D eigenvalue weighted by Crippen LogP contribution is 2.26. The lowest BCUT2D eigenvalue weighted by atomic mass is 10.1. The van der Waals surface area contributed by atoms with Crippen molar-refractivity contribution in [2.24, 2.45) is 7.05 Å². The molecule has 0 bridgehead atoms. The minimum atomic E-state index is 0.485. The van der Waals surface area contributed by atoms with Crippen molar-refractivity contribution in [2.75, 3.05) is 0 Å². The van der Waals surface area contributed by atoms with E-state index in [0.717, 1.165) is 21.8 Å². The third-order valence-electron chi connectivity index (χ3n) is 2.33. The Labute approximate surface area is 90.7 Å². The van der Waals surface area contributed by atoms with Crippen LogP contribution in [0.4, 0.5) is 0 Å². The highest BCUT2D eigenvalue weighted by molar-refractivity contribution is 9.10. The van der Waals surface area contributed by atoms with Crippen molar-refractivity contribution >= 4 is 33.1 Å². The number of hydrogen-bond donors (Lipinski definition) is 0. The Morgan fingerprint density at radius 2 is 2.29 bits per heavy atom. The number of halogens is 1. The van der Waals surface area contributed by atoms with Gasteiger partial charge in [-0.1, -0.05) is 12.1 Å². The van der Waals surface area contributed by atoms with Gasteiger partial charge in [0.2, 0.25) is 0 Å². The second-order valence-electron chi connectivity index (χ2n) is 3.31. The normalized spacial score (nSPS) is 10.7. The van der Waals surface area contributed by atoms with Crippen molar-refractivity contribution in [3.63, 3.8) is 0 Å². The molecule has 0 atom stereocenters. The van der Waals surface area contributed by atoms with E-state index in [4.69, 9.17) is 0 Å². The van der Waals surface area contributed by atoms with E-state index in [9.17, 15) is 4.79 Å². The van der Waals surface area contributed by atoms with Crippen LogP contribution in [0.3, 0.4) is 0 Å². The van der Waals surface area contributed by atoms with Crippen LogP contribution in [0.1, 0.15) is 5.56 Å². The average Bonchev–Trinajstić information content (AvgIpc) is 2.43. The van der Waals surface area contributed by atoms with Gasteiger partial charge < -0.3 is 9.36 Å². The van der Waals surface area contributed by atoms with Crippen molar-refractivity contribution in [3.05, 3.63) is 34.4 Å². The maximum atomic E-state index is 10.4. The summed E-state index contributed by atoms with van der Waals surface area (Å²) in [6.45, 7) is 0. The van der Waals surface area contributed by atoms with Crippen LogP contribution in [0.5, 0.6) is 0 Å². The number of aryl methyl sites for hydroxylation is 1. The molecule has 0 unspecified atom stereocenters. The fraction of sp³-hybridized carbons (Fsp3) is 0.182. The summed E-state index contributed by atoms with van der Waals surface area (Å²) in [5.74, 6) is 0. The Kier molecular flexibility index (Phi) is 2.42. The topological polar surface area (TPSA) is 22.0 Å². The lowest BCUT2D eigenvalue weighted by Crippen LogP contribution is -1.88. The molecule has 72 valence electrons. The standard InChI is InChI=1S/C11H10BrNO/c1-13-7-10(12)9-3-2-8(4-5-14)6-11(9)13/h2-3,5-7H,4H2,1H3. The summed E-state index contributed by atoms with van der Waals surface area (Å²) in [7, 11) is 2.00. The van der Waals surface area contributed by atoms with E-state index in [-0.39, 0.29) is 0 Å². The van der Waals surface area contributed by atoms with Crippen LogP contribution in [0, 0.1) is 0 Å². The smallest absolute Gasteiger partial charge is 0.124 e. The van der Waals surface area contributed by atoms with Crippen LogP contribution in [0.25, 0.3) is 10.9 Å². The zero-order valence-electron chi connectivity index (χ0n) is 7.83. The highest BCUT2D eigenvalue weighted by atomic mass is 79.9. The molecule has 0 N–H and O–H groups in total. The third kappa shape index (κ3) is 1.48. The molecule has 0 radical (unpaired) electrons. The van der Waals surface area contributed by atoms with Gasteiger partial charge in [-0.3, -0.25) is 0 Å². The summed E-state index contributed by atoms with van der Waals surface area (Å²) in [5.41, 5.74) is 2.21. The second-order valence-corrected chi connectivity index (χ2v) is 4.16. The van der Waals surface area contributed by atoms with Gasteiger partial charge >= 0.3 is 0 Å². The van der Waals surface area contributed by atoms with E-state index in [0.29, 0.717) is 6.42 Å². The number of nitrogens with zero attached hydrogens (tertiary/aromatic N) is 1. The van der Waals surface area contributed by atoms with Gasteiger partial charge in [-0.2, -0.15) is 0 Å². The molecular formula is C11H10BrNO. The summed E-state index contributed by atoms with van der Waals surface area (Å²) in [6, 6.07) is 6.08. The van der Waals surface area contributed by atoms with Gasteiger partial charge in [0.25, 0.3) is 0 Å². The van der Waals surface area contributed by atoms with Crippen LogP contribution in [0.2, 0.25) is 0 Å². The van der Waals surface area contributed by atoms with Gasteiger partial charge in [0.05, 0.1) is 0 Å². The van der Waals surface area contributed by atoms with Crippen LogP contribution < -0.4 is 0 Å². The predicted octanol–water partition coefficient (Wildman–Crippen LogP) is 2.68. The van der Waals surface area contributed by atoms with Crippen molar-refractivity contribution in [2.45, 2.75) is 6.42 Å². The molecule has 0 aliphatic heterocycles. The Bertz CT molecular complexity index is 487. The fourth-order valence-electron chi connectivity index (χ4n) is 1.60. The summed E-state index contributed by atoms with van der Waals surface area (Å²) in [6.07, 6.45) is 3.44. The Morgan fingerprint density at radius 3 is 3.00 bits per heavy atom. The molecule has 0 aliphatic carbocycles. The number of aldehydes is 1. The Morgan fingerprint density at radius 1 is 1.50 bits per heavy atom. The Hall–Kier alpha value is -1.09. The minimum Gasteiger partial charge on any atom is -0.349 e. The first-order valence-corrected chi connectivity index (χ1v) is 5.19. The average molecular weight is 252 g/mol. The molecule has 0 saturated heterocycles. The molecule has 0 aliphatic rings. The van der Waals surface area contributed by atoms with E-state index in [2.05, 4.69) is 22.0 Å². The third-order valence-corrected chi connectivity index (χ3v) is 2.96. The number of aromatic nitrogens is 1. The number of rotatable bonds is 2. The van der Waals surface area contributed by atoms with E-state index in [1.807, 2.05) is 29.9 Å². The molecule has 0 amide bonds. The van der Waals surface area contributed by atoms with Gasteiger partial charge in [0.1, 0.15) is 6.29 Å². The van der Waals surface area contributed by atoms with Crippen molar-refractivity contribution in [1.82, 2.24) is 4.57 Å². The molecule has 1 heterocycles. The molecule has 1 aromatic heterocycles. The summed E-state index contributed by atoms with van der Waals surface area (Å²) in [5, 5.41) is 1.18. The second kappa shape index (κ2) is 3.58. The first-order valence-electron chi connectivity index (χ1n) is 4.39. The monoisotopic (exact) mass is 251 g/mol. The number of benzene rings is 1. The fourth-order valence-corrected chi connectivity index (χ4v) is 2.25. The molecular weight excluding hydrogens is 242 g/mol. The number of carbonyl (C=O) groups excluding carboxylic acids is 1. The molecule has 14 heavy (non-hydrogen) atoms. The molecule has 0 saturated carbocycles. The molecule has 0 fully saturated rings. The lowest BCUT2D eigenvalue weighted by molar-refractivity contribution is -0.107. The van der Waals surface area contributed by atoms with Crippen LogP contribution in [-0.2, 0) is 18.3 Å². The maximum absolute atomic E-state index is 10.4. The first kappa shape index (κ1) is 9.46. The maximum Gasteiger partial charge on any atom is 0.124 e. The number of fused-ring (bicyclic) bond motifs is 1. The van der Waals surface area contributed by atoms with Gasteiger partial charge in [-0.05, 0) is 27.6 Å². The van der Waals surface area contributed by atoms with Crippen molar-refractivity contribution in [1.29, 1.82) is 0 Å². The highest BCUT2D eigenvalue weighted by Gasteiger charge is 2.04. The lowest BCUT2D eigenvalue weighted by Gasteiger charge is -1.98. The molecule has 1 aromatic carbocycles. The van der Waals surface area contributed by atoms with Crippen LogP contribution in [0.15, 0.2) is 28.9 Å². The SMILES string of the molecule is Cn1cc(Br)c2ccc(CC=O)cc21. The van der Waals surface area contributed by atoms with Gasteiger partial charge in [0, 0.05) is 35.0 Å². The van der Waals surface area contributed by atoms with Crippen LogP contribution >= 0.6 is 15.9 Å². The Balaban J connectivity index is 2.64. The summed E-state index contributed by atoms with van der Waals surface area (Å²) < 4.78 is 3.14. The molecule has 3 heteroatoms. The van der Waals surface area contributed by atoms with E-state index < -0.39 is 0 Å². The van der Waals surface area contributed by atoms with Gasteiger partial charge in [-0.25, -0.2) is 0 Å². The summed E-state index contributed by atoms with van der Waals surface area (Å²) in [4.78, 5) is 10.4. The van der Waals surface area contributed by atoms with E-state index >= 15 is 0 Å². The minimum absolute atomic E-state index is 0.485. The number of carbonyl (C=O) groups is 1. The molecule has 2 aromatic rings. The van der Waals surface area contributed by atoms with E-state index in [1.54, 1.807) is 0 Å². The van der Waals surface area contributed by atoms with Crippen molar-refractivity contribution < 1.29 is 4.79 Å². The zero-order chi connectivity index (χ0) is 10.1. The van der Waals surface area contributed by atoms with Gasteiger partial charge in [-0.15, -0.1) is 0 Å². The van der Waals surface area contributed by atoms with E-state index in [1.165, 1.54) is 5.39 Å². The summed E-state index contributed by atoms with van der Waals surface area (Å²) >= 11 is 3.49. The molecule has 2 nitrogen and oxygen atoms in total.